The van der Waals surface area contributed by atoms with Crippen LogP contribution in [0, 0.1) is 0 Å². The monoisotopic (exact) mass is 212 g/mol. The van der Waals surface area contributed by atoms with E-state index in [0.717, 1.165) is 37.0 Å². The number of rotatable bonds is 9. The van der Waals surface area contributed by atoms with Crippen LogP contribution in [0.3, 0.4) is 0 Å². The predicted molar refractivity (Wildman–Crippen MR) is 62.7 cm³/mol. The fourth-order valence-corrected chi connectivity index (χ4v) is 1.65. The minimum atomic E-state index is -0.711. The molecular weight excluding hydrogens is 190 g/mol. The van der Waals surface area contributed by atoms with Crippen LogP contribution in [-0.2, 0) is 4.79 Å². The first-order valence-corrected chi connectivity index (χ1v) is 5.31. The number of hydrogen-bond donors (Lipinski definition) is 1. The summed E-state index contributed by atoms with van der Waals surface area (Å²) in [6, 6.07) is 0. The number of hydrogen-bond acceptors (Lipinski definition) is 1. The summed E-state index contributed by atoms with van der Waals surface area (Å²) < 4.78 is 0.868. The van der Waals surface area contributed by atoms with Crippen molar-refractivity contribution in [2.45, 2.75) is 19.3 Å². The van der Waals surface area contributed by atoms with Gasteiger partial charge in [-0.25, -0.2) is 0 Å². The first-order valence-electron chi connectivity index (χ1n) is 5.31. The highest BCUT2D eigenvalue weighted by Gasteiger charge is 2.17. The van der Waals surface area contributed by atoms with Gasteiger partial charge in [0, 0.05) is 6.42 Å². The van der Waals surface area contributed by atoms with Gasteiger partial charge in [0.2, 0.25) is 0 Å². The van der Waals surface area contributed by atoms with Crippen molar-refractivity contribution < 1.29 is 14.4 Å². The van der Waals surface area contributed by atoms with Gasteiger partial charge in [-0.1, -0.05) is 13.2 Å². The number of quaternary nitrogens is 1. The summed E-state index contributed by atoms with van der Waals surface area (Å²) in [5, 5.41) is 8.51. The van der Waals surface area contributed by atoms with Gasteiger partial charge in [0.1, 0.15) is 0 Å². The van der Waals surface area contributed by atoms with Gasteiger partial charge in [-0.05, 0) is 25.0 Å². The number of carbonyl (C=O) groups is 1. The molecule has 0 atom stereocenters. The van der Waals surface area contributed by atoms with Crippen LogP contribution in [0.5, 0.6) is 0 Å². The zero-order valence-corrected chi connectivity index (χ0v) is 9.61. The van der Waals surface area contributed by atoms with Crippen LogP contribution in [0.2, 0.25) is 0 Å². The largest absolute Gasteiger partial charge is 0.481 e. The van der Waals surface area contributed by atoms with Crippen molar-refractivity contribution in [3.63, 3.8) is 0 Å². The third-order valence-electron chi connectivity index (χ3n) is 2.48. The average Bonchev–Trinajstić information content (AvgIpc) is 2.13. The lowest BCUT2D eigenvalue weighted by Crippen LogP contribution is -2.44. The maximum absolute atomic E-state index is 10.3. The number of aliphatic carboxylic acids is 1. The van der Waals surface area contributed by atoms with Crippen LogP contribution in [0.15, 0.2) is 25.3 Å². The van der Waals surface area contributed by atoms with Crippen molar-refractivity contribution in [3.05, 3.63) is 25.3 Å². The van der Waals surface area contributed by atoms with Crippen molar-refractivity contribution in [3.8, 4) is 0 Å². The molecule has 3 heteroatoms. The van der Waals surface area contributed by atoms with Gasteiger partial charge in [-0.15, -0.1) is 0 Å². The second-order valence-corrected chi connectivity index (χ2v) is 4.14. The highest BCUT2D eigenvalue weighted by atomic mass is 16.4. The van der Waals surface area contributed by atoms with Crippen molar-refractivity contribution >= 4 is 5.97 Å². The van der Waals surface area contributed by atoms with Gasteiger partial charge in [0.15, 0.2) is 0 Å². The first-order chi connectivity index (χ1) is 7.04. The SMILES string of the molecule is C=CC[N+](C)(CC=C)CCCCC(=O)O. The summed E-state index contributed by atoms with van der Waals surface area (Å²) in [6.07, 6.45) is 5.76. The Morgan fingerprint density at radius 1 is 1.27 bits per heavy atom. The Balaban J connectivity index is 3.89. The standard InChI is InChI=1S/C12H21NO2/c1-4-9-13(3,10-5-2)11-7-6-8-12(14)15/h4-5H,1-2,6-11H2,3H3/p+1. The Kier molecular flexibility index (Phi) is 6.71. The molecule has 0 aliphatic carbocycles. The molecule has 15 heavy (non-hydrogen) atoms. The lowest BCUT2D eigenvalue weighted by atomic mass is 10.2. The summed E-state index contributed by atoms with van der Waals surface area (Å²) in [4.78, 5) is 10.3. The Bertz CT molecular complexity index is 214. The van der Waals surface area contributed by atoms with E-state index in [1.54, 1.807) is 0 Å². The molecule has 1 N–H and O–H groups in total. The minimum Gasteiger partial charge on any atom is -0.481 e. The van der Waals surface area contributed by atoms with E-state index in [1.807, 2.05) is 12.2 Å². The Labute approximate surface area is 92.3 Å². The fraction of sp³-hybridized carbons (Fsp3) is 0.583. The molecule has 0 aromatic heterocycles. The van der Waals surface area contributed by atoms with Crippen molar-refractivity contribution in [1.29, 1.82) is 0 Å². The van der Waals surface area contributed by atoms with Crippen LogP contribution < -0.4 is 0 Å². The molecule has 0 radical (unpaired) electrons. The van der Waals surface area contributed by atoms with E-state index in [0.29, 0.717) is 0 Å². The Morgan fingerprint density at radius 3 is 2.20 bits per heavy atom. The third-order valence-corrected chi connectivity index (χ3v) is 2.48. The van der Waals surface area contributed by atoms with E-state index < -0.39 is 5.97 Å². The molecule has 0 fully saturated rings. The summed E-state index contributed by atoms with van der Waals surface area (Å²) in [5.41, 5.74) is 0. The number of likely N-dealkylation sites (N-methyl/N-ethyl adjacent to an activating group) is 1. The topological polar surface area (TPSA) is 37.3 Å². The molecule has 0 spiro atoms. The second-order valence-electron chi connectivity index (χ2n) is 4.14. The molecule has 3 nitrogen and oxygen atoms in total. The van der Waals surface area contributed by atoms with Gasteiger partial charge < -0.3 is 9.59 Å². The molecule has 0 aromatic carbocycles. The summed E-state index contributed by atoms with van der Waals surface area (Å²) in [7, 11) is 2.14. The molecule has 0 unspecified atom stereocenters. The fourth-order valence-electron chi connectivity index (χ4n) is 1.65. The molecule has 0 bridgehead atoms. The van der Waals surface area contributed by atoms with E-state index in [-0.39, 0.29) is 6.42 Å². The van der Waals surface area contributed by atoms with Crippen molar-refractivity contribution in [2.24, 2.45) is 0 Å². The van der Waals surface area contributed by atoms with E-state index in [9.17, 15) is 4.79 Å². The van der Waals surface area contributed by atoms with E-state index in [4.69, 9.17) is 5.11 Å². The number of carboxylic acid groups (broad SMARTS) is 1. The summed E-state index contributed by atoms with van der Waals surface area (Å²) >= 11 is 0. The highest BCUT2D eigenvalue weighted by molar-refractivity contribution is 5.66. The maximum atomic E-state index is 10.3. The molecule has 0 heterocycles. The van der Waals surface area contributed by atoms with Gasteiger partial charge in [0.25, 0.3) is 0 Å². The van der Waals surface area contributed by atoms with E-state index in [1.165, 1.54) is 0 Å². The number of nitrogens with zero attached hydrogens (tertiary/aromatic N) is 1. The zero-order chi connectivity index (χ0) is 11.7. The van der Waals surface area contributed by atoms with E-state index in [2.05, 4.69) is 20.2 Å². The number of unbranched alkanes of at least 4 members (excludes halogenated alkanes) is 1. The lowest BCUT2D eigenvalue weighted by molar-refractivity contribution is -0.898. The Morgan fingerprint density at radius 2 is 1.80 bits per heavy atom. The molecule has 0 aliphatic heterocycles. The van der Waals surface area contributed by atoms with Crippen LogP contribution in [0.25, 0.3) is 0 Å². The van der Waals surface area contributed by atoms with Crippen LogP contribution >= 0.6 is 0 Å². The summed E-state index contributed by atoms with van der Waals surface area (Å²) in [5.74, 6) is -0.711. The van der Waals surface area contributed by atoms with Crippen LogP contribution in [0.1, 0.15) is 19.3 Å². The molecule has 0 saturated carbocycles. The van der Waals surface area contributed by atoms with Gasteiger partial charge in [-0.2, -0.15) is 0 Å². The molecule has 0 aliphatic rings. The van der Waals surface area contributed by atoms with Crippen molar-refractivity contribution in [1.82, 2.24) is 0 Å². The molecule has 0 rings (SSSR count). The molecular formula is C12H22NO2+. The normalized spacial score (nSPS) is 11.0. The number of carboxylic acids is 1. The first kappa shape index (κ1) is 13.9. The molecule has 0 saturated heterocycles. The zero-order valence-electron chi connectivity index (χ0n) is 9.61. The van der Waals surface area contributed by atoms with Crippen LogP contribution in [0.4, 0.5) is 0 Å². The summed E-state index contributed by atoms with van der Waals surface area (Å²) in [6.45, 7) is 10.3. The predicted octanol–water partition coefficient (Wildman–Crippen LogP) is 2.06. The van der Waals surface area contributed by atoms with Crippen LogP contribution in [-0.4, -0.2) is 42.2 Å². The Hall–Kier alpha value is -1.09. The molecule has 86 valence electrons. The smallest absolute Gasteiger partial charge is 0.303 e. The van der Waals surface area contributed by atoms with E-state index >= 15 is 0 Å². The van der Waals surface area contributed by atoms with Gasteiger partial charge >= 0.3 is 5.97 Å². The lowest BCUT2D eigenvalue weighted by Gasteiger charge is -2.32. The van der Waals surface area contributed by atoms with Gasteiger partial charge in [0.05, 0.1) is 26.7 Å². The third kappa shape index (κ3) is 6.91. The average molecular weight is 212 g/mol. The maximum Gasteiger partial charge on any atom is 0.303 e. The molecule has 0 aromatic rings. The molecule has 0 amide bonds. The highest BCUT2D eigenvalue weighted by Crippen LogP contribution is 2.07. The minimum absolute atomic E-state index is 0.266. The van der Waals surface area contributed by atoms with Gasteiger partial charge in [-0.3, -0.25) is 4.79 Å². The quantitative estimate of drug-likeness (QED) is 0.361. The second kappa shape index (κ2) is 7.23. The van der Waals surface area contributed by atoms with Crippen molar-refractivity contribution in [2.75, 3.05) is 26.7 Å².